The minimum atomic E-state index is -0.653. The fourth-order valence-electron chi connectivity index (χ4n) is 2.83. The van der Waals surface area contributed by atoms with Gasteiger partial charge in [-0.3, -0.25) is 19.5 Å². The number of imide groups is 1. The van der Waals surface area contributed by atoms with Crippen LogP contribution in [0.15, 0.2) is 52.4 Å². The van der Waals surface area contributed by atoms with Crippen LogP contribution in [0, 0.1) is 0 Å². The van der Waals surface area contributed by atoms with Crippen LogP contribution in [-0.4, -0.2) is 34.4 Å². The summed E-state index contributed by atoms with van der Waals surface area (Å²) >= 11 is 7.10. The van der Waals surface area contributed by atoms with E-state index in [0.29, 0.717) is 39.1 Å². The van der Waals surface area contributed by atoms with E-state index >= 15 is 0 Å². The molecule has 0 aliphatic heterocycles. The van der Waals surface area contributed by atoms with Gasteiger partial charge in [0.25, 0.3) is 5.56 Å². The van der Waals surface area contributed by atoms with E-state index in [0.717, 1.165) is 18.2 Å². The number of halogens is 1. The van der Waals surface area contributed by atoms with Crippen LogP contribution in [0.1, 0.15) is 13.3 Å². The number of ether oxygens (including phenoxy) is 1. The van der Waals surface area contributed by atoms with E-state index in [9.17, 15) is 14.4 Å². The summed E-state index contributed by atoms with van der Waals surface area (Å²) in [7, 11) is 1.55. The molecular formula is C21H21ClN4O4S. The molecule has 0 radical (unpaired) electrons. The highest BCUT2D eigenvalue weighted by Crippen LogP contribution is 2.21. The Morgan fingerprint density at radius 3 is 2.61 bits per heavy atom. The lowest BCUT2D eigenvalue weighted by Gasteiger charge is -2.12. The van der Waals surface area contributed by atoms with Crippen molar-refractivity contribution in [3.63, 3.8) is 0 Å². The molecule has 10 heteroatoms. The SMILES string of the molecule is CCCn1c(SCC(=O)NC(=O)Nc2ccc(OC)cc2)nc2cc(Cl)ccc2c1=O. The van der Waals surface area contributed by atoms with E-state index in [2.05, 4.69) is 15.6 Å². The molecule has 0 saturated heterocycles. The number of carbonyl (C=O) groups is 2. The van der Waals surface area contributed by atoms with E-state index < -0.39 is 11.9 Å². The summed E-state index contributed by atoms with van der Waals surface area (Å²) in [5.74, 6) is 0.0540. The van der Waals surface area contributed by atoms with Crippen LogP contribution in [0.5, 0.6) is 5.75 Å². The van der Waals surface area contributed by atoms with Crippen molar-refractivity contribution >= 4 is 51.9 Å². The number of benzene rings is 2. The van der Waals surface area contributed by atoms with Gasteiger partial charge >= 0.3 is 6.03 Å². The second kappa shape index (κ2) is 10.3. The summed E-state index contributed by atoms with van der Waals surface area (Å²) in [5, 5.41) is 6.16. The third-order valence-electron chi connectivity index (χ3n) is 4.26. The van der Waals surface area contributed by atoms with Gasteiger partial charge in [-0.05, 0) is 48.9 Å². The molecule has 0 fully saturated rings. The first-order valence-corrected chi connectivity index (χ1v) is 10.9. The number of nitrogens with one attached hydrogen (secondary N) is 2. The number of anilines is 1. The van der Waals surface area contributed by atoms with Crippen LogP contribution < -0.4 is 20.9 Å². The molecule has 8 nitrogen and oxygen atoms in total. The van der Waals surface area contributed by atoms with E-state index in [-0.39, 0.29) is 11.3 Å². The van der Waals surface area contributed by atoms with Gasteiger partial charge in [0.15, 0.2) is 5.16 Å². The molecule has 2 aromatic carbocycles. The Hall–Kier alpha value is -3.04. The van der Waals surface area contributed by atoms with Crippen LogP contribution in [0.25, 0.3) is 10.9 Å². The molecule has 31 heavy (non-hydrogen) atoms. The van der Waals surface area contributed by atoms with Crippen molar-refractivity contribution < 1.29 is 14.3 Å². The maximum atomic E-state index is 12.8. The fourth-order valence-corrected chi connectivity index (χ4v) is 3.83. The molecule has 1 aromatic heterocycles. The van der Waals surface area contributed by atoms with Crippen LogP contribution >= 0.6 is 23.4 Å². The molecular weight excluding hydrogens is 440 g/mol. The molecule has 0 saturated carbocycles. The standard InChI is InChI=1S/C21H21ClN4O4S/c1-3-10-26-19(28)16-9-4-13(22)11-17(16)24-21(26)31-12-18(27)25-20(29)23-14-5-7-15(30-2)8-6-14/h4-9,11H,3,10,12H2,1-2H3,(H2,23,25,27,29). The molecule has 3 aromatic rings. The van der Waals surface area contributed by atoms with Crippen molar-refractivity contribution in [1.82, 2.24) is 14.9 Å². The molecule has 0 bridgehead atoms. The molecule has 3 amide bonds. The Labute approximate surface area is 187 Å². The third-order valence-corrected chi connectivity index (χ3v) is 5.47. The van der Waals surface area contributed by atoms with Crippen molar-refractivity contribution in [3.05, 3.63) is 57.8 Å². The number of rotatable bonds is 7. The number of hydrogen-bond acceptors (Lipinski definition) is 6. The lowest BCUT2D eigenvalue weighted by atomic mass is 10.2. The zero-order chi connectivity index (χ0) is 22.4. The maximum Gasteiger partial charge on any atom is 0.325 e. The van der Waals surface area contributed by atoms with Gasteiger partial charge in [0.1, 0.15) is 5.75 Å². The highest BCUT2D eigenvalue weighted by atomic mass is 35.5. The Morgan fingerprint density at radius 2 is 1.94 bits per heavy atom. The molecule has 0 aliphatic rings. The number of aromatic nitrogens is 2. The van der Waals surface area contributed by atoms with Crippen molar-refractivity contribution in [2.75, 3.05) is 18.2 Å². The smallest absolute Gasteiger partial charge is 0.325 e. The topological polar surface area (TPSA) is 102 Å². The monoisotopic (exact) mass is 460 g/mol. The van der Waals surface area contributed by atoms with Crippen LogP contribution in [0.2, 0.25) is 5.02 Å². The predicted molar refractivity (Wildman–Crippen MR) is 122 cm³/mol. The van der Waals surface area contributed by atoms with Crippen LogP contribution in [0.4, 0.5) is 10.5 Å². The number of hydrogen-bond donors (Lipinski definition) is 2. The molecule has 0 atom stereocenters. The number of nitrogens with zero attached hydrogens (tertiary/aromatic N) is 2. The molecule has 2 N–H and O–H groups in total. The lowest BCUT2D eigenvalue weighted by Crippen LogP contribution is -2.35. The zero-order valence-electron chi connectivity index (χ0n) is 17.0. The summed E-state index contributed by atoms with van der Waals surface area (Å²) in [6, 6.07) is 10.9. The number of thioether (sulfide) groups is 1. The third kappa shape index (κ3) is 5.77. The Kier molecular flexibility index (Phi) is 7.54. The maximum absolute atomic E-state index is 12.8. The Morgan fingerprint density at radius 1 is 1.19 bits per heavy atom. The van der Waals surface area contributed by atoms with Gasteiger partial charge in [0.2, 0.25) is 5.91 Å². The first-order valence-electron chi connectivity index (χ1n) is 9.49. The second-order valence-corrected chi connectivity index (χ2v) is 7.91. The van der Waals surface area contributed by atoms with Crippen molar-refractivity contribution in [1.29, 1.82) is 0 Å². The van der Waals surface area contributed by atoms with Crippen LogP contribution in [0.3, 0.4) is 0 Å². The molecule has 0 unspecified atom stereocenters. The minimum Gasteiger partial charge on any atom is -0.497 e. The van der Waals surface area contributed by atoms with Gasteiger partial charge in [-0.1, -0.05) is 30.3 Å². The van der Waals surface area contributed by atoms with Gasteiger partial charge in [-0.2, -0.15) is 0 Å². The highest BCUT2D eigenvalue weighted by molar-refractivity contribution is 7.99. The van der Waals surface area contributed by atoms with E-state index in [1.54, 1.807) is 49.6 Å². The van der Waals surface area contributed by atoms with Crippen molar-refractivity contribution in [2.45, 2.75) is 25.0 Å². The molecule has 3 rings (SSSR count). The number of carbonyl (C=O) groups excluding carboxylic acids is 2. The minimum absolute atomic E-state index is 0.0851. The summed E-state index contributed by atoms with van der Waals surface area (Å²) in [5.41, 5.74) is 0.789. The van der Waals surface area contributed by atoms with Crippen LogP contribution in [-0.2, 0) is 11.3 Å². The Bertz CT molecular complexity index is 1160. The molecule has 1 heterocycles. The van der Waals surface area contributed by atoms with Gasteiger partial charge in [0.05, 0.1) is 23.8 Å². The largest absolute Gasteiger partial charge is 0.497 e. The summed E-state index contributed by atoms with van der Waals surface area (Å²) < 4.78 is 6.59. The number of urea groups is 1. The lowest BCUT2D eigenvalue weighted by molar-refractivity contribution is -0.117. The average molecular weight is 461 g/mol. The Balaban J connectivity index is 1.67. The van der Waals surface area contributed by atoms with E-state index in [4.69, 9.17) is 16.3 Å². The van der Waals surface area contributed by atoms with Gasteiger partial charge in [0, 0.05) is 17.3 Å². The first kappa shape index (κ1) is 22.6. The second-order valence-electron chi connectivity index (χ2n) is 6.53. The predicted octanol–water partition coefficient (Wildman–Crippen LogP) is 3.91. The molecule has 162 valence electrons. The summed E-state index contributed by atoms with van der Waals surface area (Å²) in [6.07, 6.45) is 0.727. The number of fused-ring (bicyclic) bond motifs is 1. The van der Waals surface area contributed by atoms with E-state index in [1.807, 2.05) is 6.92 Å². The highest BCUT2D eigenvalue weighted by Gasteiger charge is 2.14. The van der Waals surface area contributed by atoms with Crippen molar-refractivity contribution in [2.24, 2.45) is 0 Å². The van der Waals surface area contributed by atoms with Gasteiger partial charge in [-0.15, -0.1) is 0 Å². The zero-order valence-corrected chi connectivity index (χ0v) is 18.5. The first-order chi connectivity index (χ1) is 14.9. The molecule has 0 aliphatic carbocycles. The average Bonchev–Trinajstić information content (AvgIpc) is 2.74. The quantitative estimate of drug-likeness (QED) is 0.409. The van der Waals surface area contributed by atoms with Gasteiger partial charge in [-0.25, -0.2) is 9.78 Å². The summed E-state index contributed by atoms with van der Waals surface area (Å²) in [4.78, 5) is 41.6. The fraction of sp³-hybridized carbons (Fsp3) is 0.238. The number of methoxy groups -OCH3 is 1. The normalized spacial score (nSPS) is 10.7. The number of amides is 3. The van der Waals surface area contributed by atoms with Crippen molar-refractivity contribution in [3.8, 4) is 5.75 Å². The summed E-state index contributed by atoms with van der Waals surface area (Å²) in [6.45, 7) is 2.41. The van der Waals surface area contributed by atoms with E-state index in [1.165, 1.54) is 4.57 Å². The molecule has 0 spiro atoms. The van der Waals surface area contributed by atoms with Gasteiger partial charge < -0.3 is 10.1 Å².